The van der Waals surface area contributed by atoms with Gasteiger partial charge in [0.25, 0.3) is 0 Å². The fourth-order valence-corrected chi connectivity index (χ4v) is 5.47. The van der Waals surface area contributed by atoms with Gasteiger partial charge < -0.3 is 0 Å². The average Bonchev–Trinajstić information content (AvgIpc) is 3.02. The smallest absolute Gasteiger partial charge is 0.00928 e. The van der Waals surface area contributed by atoms with Gasteiger partial charge in [0.2, 0.25) is 0 Å². The highest BCUT2D eigenvalue weighted by Gasteiger charge is 2.10. The second kappa shape index (κ2) is 10.4. The van der Waals surface area contributed by atoms with Crippen LogP contribution in [0.5, 0.6) is 0 Å². The molecule has 0 aliphatic rings. The molecule has 0 saturated carbocycles. The van der Waals surface area contributed by atoms with Crippen LogP contribution in [0.1, 0.15) is 13.8 Å². The number of hydrogen-bond donors (Lipinski definition) is 0. The molecule has 0 atom stereocenters. The van der Waals surface area contributed by atoms with Crippen LogP contribution >= 0.6 is 0 Å². The lowest BCUT2D eigenvalue weighted by Gasteiger charge is -2.13. The van der Waals surface area contributed by atoms with Crippen molar-refractivity contribution in [3.63, 3.8) is 0 Å². The fourth-order valence-electron chi connectivity index (χ4n) is 5.47. The van der Waals surface area contributed by atoms with Crippen LogP contribution in [0.2, 0.25) is 0 Å². The molecule has 7 rings (SSSR count). The highest BCUT2D eigenvalue weighted by molar-refractivity contribution is 6.25. The SMILES string of the molecule is CC.c1ccc(-c2cccc(-c3cccc(-c4ccc5c6ccccc6c6ccccc6c5c4)c3)c2)cc1. The van der Waals surface area contributed by atoms with Gasteiger partial charge in [-0.1, -0.05) is 141 Å². The second-order valence-corrected chi connectivity index (χ2v) is 9.38. The second-order valence-electron chi connectivity index (χ2n) is 9.38. The number of hydrogen-bond acceptors (Lipinski definition) is 0. The van der Waals surface area contributed by atoms with Crippen molar-refractivity contribution in [3.8, 4) is 33.4 Å². The van der Waals surface area contributed by atoms with Gasteiger partial charge in [-0.3, -0.25) is 0 Å². The Balaban J connectivity index is 0.00000129. The Hall–Kier alpha value is -4.68. The molecule has 0 bridgehead atoms. The van der Waals surface area contributed by atoms with Gasteiger partial charge >= 0.3 is 0 Å². The molecular weight excluding hydrogens is 456 g/mol. The Morgan fingerprint density at radius 3 is 1.08 bits per heavy atom. The molecule has 0 spiro atoms. The molecule has 0 N–H and O–H groups in total. The molecule has 0 heteroatoms. The van der Waals surface area contributed by atoms with E-state index in [1.807, 2.05) is 13.8 Å². The summed E-state index contributed by atoms with van der Waals surface area (Å²) in [5, 5.41) is 7.85. The number of rotatable bonds is 3. The minimum atomic E-state index is 1.23. The number of benzene rings is 7. The van der Waals surface area contributed by atoms with E-state index in [2.05, 4.69) is 146 Å². The van der Waals surface area contributed by atoms with Crippen molar-refractivity contribution < 1.29 is 0 Å². The molecule has 0 saturated heterocycles. The summed E-state index contributed by atoms with van der Waals surface area (Å²) in [6.07, 6.45) is 0. The summed E-state index contributed by atoms with van der Waals surface area (Å²) in [5.41, 5.74) is 7.41. The van der Waals surface area contributed by atoms with Crippen molar-refractivity contribution in [2.45, 2.75) is 13.8 Å². The largest absolute Gasteiger partial charge is 0.0683 e. The van der Waals surface area contributed by atoms with E-state index in [0.29, 0.717) is 0 Å². The molecular formula is C38H30. The summed E-state index contributed by atoms with van der Waals surface area (Å²) < 4.78 is 0. The van der Waals surface area contributed by atoms with E-state index in [9.17, 15) is 0 Å². The third kappa shape index (κ3) is 4.25. The monoisotopic (exact) mass is 486 g/mol. The van der Waals surface area contributed by atoms with Gasteiger partial charge in [-0.25, -0.2) is 0 Å². The molecule has 0 aliphatic carbocycles. The zero-order valence-corrected chi connectivity index (χ0v) is 21.9. The van der Waals surface area contributed by atoms with E-state index in [1.165, 1.54) is 65.7 Å². The maximum atomic E-state index is 2.36. The zero-order chi connectivity index (χ0) is 25.9. The first kappa shape index (κ1) is 23.7. The molecule has 182 valence electrons. The molecule has 0 fully saturated rings. The van der Waals surface area contributed by atoms with Gasteiger partial charge in [-0.05, 0) is 83.9 Å². The first-order valence-corrected chi connectivity index (χ1v) is 13.4. The Kier molecular flexibility index (Phi) is 6.46. The van der Waals surface area contributed by atoms with E-state index in [-0.39, 0.29) is 0 Å². The van der Waals surface area contributed by atoms with Crippen LogP contribution in [0.15, 0.2) is 146 Å². The molecule has 0 radical (unpaired) electrons. The van der Waals surface area contributed by atoms with Crippen LogP contribution in [0, 0.1) is 0 Å². The maximum Gasteiger partial charge on any atom is -0.00928 e. The van der Waals surface area contributed by atoms with Crippen molar-refractivity contribution in [1.82, 2.24) is 0 Å². The Morgan fingerprint density at radius 2 is 0.579 bits per heavy atom. The molecule has 0 amide bonds. The van der Waals surface area contributed by atoms with Gasteiger partial charge in [0, 0.05) is 0 Å². The summed E-state index contributed by atoms with van der Waals surface area (Å²) in [6.45, 7) is 4.00. The van der Waals surface area contributed by atoms with Crippen molar-refractivity contribution in [2.75, 3.05) is 0 Å². The van der Waals surface area contributed by atoms with Crippen molar-refractivity contribution in [3.05, 3.63) is 146 Å². The van der Waals surface area contributed by atoms with Gasteiger partial charge in [0.05, 0.1) is 0 Å². The lowest BCUT2D eigenvalue weighted by Crippen LogP contribution is -1.86. The van der Waals surface area contributed by atoms with Gasteiger partial charge in [0.1, 0.15) is 0 Å². The van der Waals surface area contributed by atoms with E-state index in [1.54, 1.807) is 0 Å². The Labute approximate surface area is 224 Å². The predicted octanol–water partition coefficient (Wildman–Crippen LogP) is 11.2. The highest BCUT2D eigenvalue weighted by atomic mass is 14.1. The standard InChI is InChI=1S/C36H24.C2H6/c1-2-10-25(11-3-1)26-12-8-13-27(22-26)28-14-9-15-29(23-28)30-20-21-35-33-18-5-4-16-31(33)32-17-6-7-19-34(32)36(35)24-30;1-2/h1-24H;1-2H3. The van der Waals surface area contributed by atoms with E-state index >= 15 is 0 Å². The molecule has 0 aromatic heterocycles. The Bertz CT molecular complexity index is 1840. The fraction of sp³-hybridized carbons (Fsp3) is 0.0526. The normalized spacial score (nSPS) is 10.9. The summed E-state index contributed by atoms with van der Waals surface area (Å²) in [7, 11) is 0. The van der Waals surface area contributed by atoms with Crippen LogP contribution in [-0.4, -0.2) is 0 Å². The summed E-state index contributed by atoms with van der Waals surface area (Å²) >= 11 is 0. The van der Waals surface area contributed by atoms with Crippen LogP contribution in [0.4, 0.5) is 0 Å². The zero-order valence-electron chi connectivity index (χ0n) is 21.9. The lowest BCUT2D eigenvalue weighted by molar-refractivity contribution is 1.50. The first-order chi connectivity index (χ1) is 18.8. The third-order valence-corrected chi connectivity index (χ3v) is 7.24. The van der Waals surface area contributed by atoms with Crippen LogP contribution in [-0.2, 0) is 0 Å². The van der Waals surface area contributed by atoms with Gasteiger partial charge in [-0.15, -0.1) is 0 Å². The Morgan fingerprint density at radius 1 is 0.237 bits per heavy atom. The number of fused-ring (bicyclic) bond motifs is 6. The van der Waals surface area contributed by atoms with Crippen LogP contribution in [0.3, 0.4) is 0 Å². The average molecular weight is 487 g/mol. The minimum absolute atomic E-state index is 1.23. The van der Waals surface area contributed by atoms with Crippen molar-refractivity contribution >= 4 is 32.3 Å². The summed E-state index contributed by atoms with van der Waals surface area (Å²) in [6, 6.07) is 52.7. The summed E-state index contributed by atoms with van der Waals surface area (Å²) in [5.74, 6) is 0. The predicted molar refractivity (Wildman–Crippen MR) is 167 cm³/mol. The quantitative estimate of drug-likeness (QED) is 0.218. The van der Waals surface area contributed by atoms with Crippen molar-refractivity contribution in [1.29, 1.82) is 0 Å². The molecule has 7 aromatic rings. The van der Waals surface area contributed by atoms with Crippen LogP contribution in [0.25, 0.3) is 65.7 Å². The maximum absolute atomic E-state index is 2.36. The molecule has 0 aliphatic heterocycles. The van der Waals surface area contributed by atoms with Gasteiger partial charge in [0.15, 0.2) is 0 Å². The van der Waals surface area contributed by atoms with Crippen molar-refractivity contribution in [2.24, 2.45) is 0 Å². The first-order valence-electron chi connectivity index (χ1n) is 13.4. The van der Waals surface area contributed by atoms with Gasteiger partial charge in [-0.2, -0.15) is 0 Å². The minimum Gasteiger partial charge on any atom is -0.0683 e. The van der Waals surface area contributed by atoms with E-state index in [4.69, 9.17) is 0 Å². The molecule has 0 nitrogen and oxygen atoms in total. The molecule has 0 heterocycles. The molecule has 0 unspecified atom stereocenters. The molecule has 7 aromatic carbocycles. The topological polar surface area (TPSA) is 0 Å². The third-order valence-electron chi connectivity index (χ3n) is 7.24. The van der Waals surface area contributed by atoms with E-state index < -0.39 is 0 Å². The summed E-state index contributed by atoms with van der Waals surface area (Å²) in [4.78, 5) is 0. The van der Waals surface area contributed by atoms with E-state index in [0.717, 1.165) is 0 Å². The molecule has 38 heavy (non-hydrogen) atoms. The van der Waals surface area contributed by atoms with Crippen LogP contribution < -0.4 is 0 Å². The lowest BCUT2D eigenvalue weighted by atomic mass is 9.91. The highest BCUT2D eigenvalue weighted by Crippen LogP contribution is 2.37.